The SMILES string of the molecule is Cc1cc(NC(=O)c2cn(C)c3cc(C4CC4)ccc23)cnc1C1=CCC(N2CCOCC2)CC1. The van der Waals surface area contributed by atoms with Crippen molar-refractivity contribution in [1.82, 2.24) is 14.5 Å². The van der Waals surface area contributed by atoms with Crippen LogP contribution in [0, 0.1) is 6.92 Å². The Kier molecular flexibility index (Phi) is 5.94. The van der Waals surface area contributed by atoms with Crippen molar-refractivity contribution in [3.05, 3.63) is 65.1 Å². The second-order valence-corrected chi connectivity index (χ2v) is 10.4. The highest BCUT2D eigenvalue weighted by Gasteiger charge is 2.26. The van der Waals surface area contributed by atoms with Gasteiger partial charge in [0.1, 0.15) is 0 Å². The standard InChI is InChI=1S/C29H34N4O2/c1-19-15-23(17-30-28(19)21-5-8-24(9-6-21)33-11-13-35-14-12-33)31-29(34)26-18-32(2)27-16-22(20-3-4-20)7-10-25(26)27/h5,7,10,15-18,20,24H,3-4,6,8-9,11-14H2,1-2H3,(H,31,34). The Bertz CT molecular complexity index is 1300. The Morgan fingerprint density at radius 1 is 1.14 bits per heavy atom. The summed E-state index contributed by atoms with van der Waals surface area (Å²) in [4.78, 5) is 20.5. The van der Waals surface area contributed by atoms with Crippen molar-refractivity contribution in [2.45, 2.75) is 51.0 Å². The Morgan fingerprint density at radius 3 is 2.69 bits per heavy atom. The Hall–Kier alpha value is -2.96. The van der Waals surface area contributed by atoms with Crippen LogP contribution in [0.25, 0.3) is 16.5 Å². The predicted octanol–water partition coefficient (Wildman–Crippen LogP) is 5.28. The van der Waals surface area contributed by atoms with Crippen LogP contribution in [0.3, 0.4) is 0 Å². The average molecular weight is 471 g/mol. The third-order valence-corrected chi connectivity index (χ3v) is 7.89. The summed E-state index contributed by atoms with van der Waals surface area (Å²) < 4.78 is 7.56. The molecule has 1 atom stereocenters. The molecule has 1 aromatic carbocycles. The van der Waals surface area contributed by atoms with Crippen molar-refractivity contribution in [3.63, 3.8) is 0 Å². The highest BCUT2D eigenvalue weighted by Crippen LogP contribution is 2.41. The molecule has 2 fully saturated rings. The monoisotopic (exact) mass is 470 g/mol. The first-order valence-electron chi connectivity index (χ1n) is 12.9. The van der Waals surface area contributed by atoms with Crippen molar-refractivity contribution < 1.29 is 9.53 Å². The van der Waals surface area contributed by atoms with Gasteiger partial charge in [-0.3, -0.25) is 14.7 Å². The number of aryl methyl sites for hydroxylation is 2. The van der Waals surface area contributed by atoms with Crippen LogP contribution in [0.1, 0.15) is 65.2 Å². The first kappa shape index (κ1) is 22.5. The van der Waals surface area contributed by atoms with Crippen molar-refractivity contribution >= 4 is 28.1 Å². The summed E-state index contributed by atoms with van der Waals surface area (Å²) in [5.74, 6) is 0.609. The van der Waals surface area contributed by atoms with Crippen molar-refractivity contribution in [2.75, 3.05) is 31.6 Å². The number of carbonyl (C=O) groups excluding carboxylic acids is 1. The molecule has 3 aliphatic rings. The molecule has 35 heavy (non-hydrogen) atoms. The number of anilines is 1. The van der Waals surface area contributed by atoms with Crippen LogP contribution >= 0.6 is 0 Å². The number of benzene rings is 1. The molecule has 2 aliphatic carbocycles. The van der Waals surface area contributed by atoms with Crippen LogP contribution in [0.2, 0.25) is 0 Å². The fourth-order valence-electron chi connectivity index (χ4n) is 5.74. The first-order chi connectivity index (χ1) is 17.1. The van der Waals surface area contributed by atoms with Gasteiger partial charge in [-0.2, -0.15) is 0 Å². The zero-order valence-electron chi connectivity index (χ0n) is 20.7. The number of nitrogens with one attached hydrogen (secondary N) is 1. The molecule has 1 saturated carbocycles. The van der Waals surface area contributed by atoms with E-state index in [4.69, 9.17) is 9.72 Å². The number of ether oxygens (including phenoxy) is 1. The number of fused-ring (bicyclic) bond motifs is 1. The first-order valence-corrected chi connectivity index (χ1v) is 12.9. The molecule has 1 unspecified atom stereocenters. The number of aromatic nitrogens is 2. The summed E-state index contributed by atoms with van der Waals surface area (Å²) in [6, 6.07) is 9.18. The van der Waals surface area contributed by atoms with Crippen molar-refractivity contribution in [1.29, 1.82) is 0 Å². The van der Waals surface area contributed by atoms with Gasteiger partial charge in [0.05, 0.1) is 36.4 Å². The summed E-state index contributed by atoms with van der Waals surface area (Å²) >= 11 is 0. The zero-order chi connectivity index (χ0) is 23.9. The maximum absolute atomic E-state index is 13.2. The van der Waals surface area contributed by atoms with Crippen LogP contribution in [0.5, 0.6) is 0 Å². The molecule has 3 aromatic rings. The second-order valence-electron chi connectivity index (χ2n) is 10.4. The van der Waals surface area contributed by atoms with Crippen LogP contribution in [-0.4, -0.2) is 52.7 Å². The van der Waals surface area contributed by atoms with Gasteiger partial charge in [0.2, 0.25) is 0 Å². The number of hydrogen-bond acceptors (Lipinski definition) is 4. The molecule has 6 rings (SSSR count). The highest BCUT2D eigenvalue weighted by molar-refractivity contribution is 6.13. The topological polar surface area (TPSA) is 59.4 Å². The number of pyridine rings is 1. The number of carbonyl (C=O) groups is 1. The third kappa shape index (κ3) is 4.53. The van der Waals surface area contributed by atoms with E-state index in [1.54, 1.807) is 6.20 Å². The van der Waals surface area contributed by atoms with E-state index in [9.17, 15) is 4.79 Å². The van der Waals surface area contributed by atoms with Gasteiger partial charge in [0, 0.05) is 43.3 Å². The van der Waals surface area contributed by atoms with E-state index in [1.165, 1.54) is 24.0 Å². The quantitative estimate of drug-likeness (QED) is 0.551. The molecule has 6 nitrogen and oxygen atoms in total. The van der Waals surface area contributed by atoms with E-state index in [-0.39, 0.29) is 5.91 Å². The minimum absolute atomic E-state index is 0.0889. The lowest BCUT2D eigenvalue weighted by Crippen LogP contribution is -2.43. The van der Waals surface area contributed by atoms with Crippen molar-refractivity contribution in [3.8, 4) is 0 Å². The largest absolute Gasteiger partial charge is 0.379 e. The lowest BCUT2D eigenvalue weighted by atomic mass is 9.90. The smallest absolute Gasteiger partial charge is 0.257 e. The fourth-order valence-corrected chi connectivity index (χ4v) is 5.74. The van der Waals surface area contributed by atoms with Gasteiger partial charge < -0.3 is 14.6 Å². The van der Waals surface area contributed by atoms with Gasteiger partial charge in [-0.1, -0.05) is 18.2 Å². The molecule has 1 aliphatic heterocycles. The van der Waals surface area contributed by atoms with E-state index in [1.807, 2.05) is 19.3 Å². The maximum atomic E-state index is 13.2. The minimum Gasteiger partial charge on any atom is -0.379 e. The minimum atomic E-state index is -0.0889. The Morgan fingerprint density at radius 2 is 1.97 bits per heavy atom. The molecule has 1 N–H and O–H groups in total. The van der Waals surface area contributed by atoms with Crippen LogP contribution in [0.4, 0.5) is 5.69 Å². The zero-order valence-corrected chi connectivity index (χ0v) is 20.7. The van der Waals surface area contributed by atoms with Gasteiger partial charge in [-0.25, -0.2) is 0 Å². The highest BCUT2D eigenvalue weighted by atomic mass is 16.5. The summed E-state index contributed by atoms with van der Waals surface area (Å²) in [5.41, 5.74) is 7.43. The molecule has 0 radical (unpaired) electrons. The number of nitrogens with zero attached hydrogens (tertiary/aromatic N) is 3. The molecule has 0 bridgehead atoms. The van der Waals surface area contributed by atoms with Gasteiger partial charge in [-0.15, -0.1) is 0 Å². The van der Waals surface area contributed by atoms with Crippen molar-refractivity contribution in [2.24, 2.45) is 7.05 Å². The van der Waals surface area contributed by atoms with Crippen LogP contribution in [0.15, 0.2) is 42.7 Å². The number of hydrogen-bond donors (Lipinski definition) is 1. The van der Waals surface area contributed by atoms with E-state index in [0.717, 1.165) is 73.4 Å². The van der Waals surface area contributed by atoms with Crippen LogP contribution < -0.4 is 5.32 Å². The molecule has 1 amide bonds. The molecule has 3 heterocycles. The van der Waals surface area contributed by atoms with E-state index in [2.05, 4.69) is 46.0 Å². The molecule has 1 saturated heterocycles. The lowest BCUT2D eigenvalue weighted by Gasteiger charge is -2.36. The van der Waals surface area contributed by atoms with E-state index >= 15 is 0 Å². The normalized spacial score (nSPS) is 21.2. The number of rotatable bonds is 5. The third-order valence-electron chi connectivity index (χ3n) is 7.89. The van der Waals surface area contributed by atoms with Gasteiger partial charge in [0.15, 0.2) is 0 Å². The fraction of sp³-hybridized carbons (Fsp3) is 0.448. The summed E-state index contributed by atoms with van der Waals surface area (Å²) in [7, 11) is 2.01. The number of morpholine rings is 1. The molecular formula is C29H34N4O2. The molecule has 2 aromatic heterocycles. The second kappa shape index (κ2) is 9.25. The molecular weight excluding hydrogens is 436 g/mol. The maximum Gasteiger partial charge on any atom is 0.257 e. The summed E-state index contributed by atoms with van der Waals surface area (Å²) in [6.07, 6.45) is 11.9. The van der Waals surface area contributed by atoms with E-state index in [0.29, 0.717) is 17.5 Å². The summed E-state index contributed by atoms with van der Waals surface area (Å²) in [5, 5.41) is 4.08. The number of amides is 1. The van der Waals surface area contributed by atoms with E-state index < -0.39 is 0 Å². The number of allylic oxidation sites excluding steroid dienone is 1. The van der Waals surface area contributed by atoms with Gasteiger partial charge in [0.25, 0.3) is 5.91 Å². The molecule has 182 valence electrons. The Labute approximate surface area is 207 Å². The summed E-state index contributed by atoms with van der Waals surface area (Å²) in [6.45, 7) is 5.86. The predicted molar refractivity (Wildman–Crippen MR) is 140 cm³/mol. The average Bonchev–Trinajstić information content (AvgIpc) is 3.68. The van der Waals surface area contributed by atoms with Crippen LogP contribution in [-0.2, 0) is 11.8 Å². The molecule has 6 heteroatoms. The molecule has 0 spiro atoms. The van der Waals surface area contributed by atoms with Gasteiger partial charge >= 0.3 is 0 Å². The van der Waals surface area contributed by atoms with Gasteiger partial charge in [-0.05, 0) is 73.8 Å². The lowest BCUT2D eigenvalue weighted by molar-refractivity contribution is 0.0150. The Balaban J connectivity index is 1.16.